The molecule has 0 aliphatic carbocycles. The number of imidazole rings is 1. The number of nitrogens with one attached hydrogen (secondary N) is 1. The molecule has 0 amide bonds. The van der Waals surface area contributed by atoms with Gasteiger partial charge in [-0.25, -0.2) is 4.98 Å². The zero-order valence-corrected chi connectivity index (χ0v) is 11.9. The Morgan fingerprint density at radius 1 is 1.40 bits per heavy atom. The first-order valence-corrected chi connectivity index (χ1v) is 6.60. The molecule has 0 radical (unpaired) electrons. The summed E-state index contributed by atoms with van der Waals surface area (Å²) in [5, 5.41) is 8.90. The quantitative estimate of drug-likeness (QED) is 0.846. The van der Waals surface area contributed by atoms with Crippen LogP contribution in [0.4, 0.5) is 0 Å². The smallest absolute Gasteiger partial charge is 0.303 e. The van der Waals surface area contributed by atoms with Gasteiger partial charge in [-0.1, -0.05) is 13.8 Å². The molecule has 2 N–H and O–H groups in total. The third kappa shape index (κ3) is 3.46. The second-order valence-electron chi connectivity index (χ2n) is 5.55. The van der Waals surface area contributed by atoms with Crippen LogP contribution in [0.2, 0.25) is 0 Å². The van der Waals surface area contributed by atoms with Gasteiger partial charge in [0.15, 0.2) is 5.65 Å². The molecule has 0 aliphatic heterocycles. The monoisotopic (exact) mass is 277 g/mol. The number of aromatic nitrogens is 3. The van der Waals surface area contributed by atoms with Crippen LogP contribution >= 0.6 is 0 Å². The molecule has 2 aromatic heterocycles. The van der Waals surface area contributed by atoms with E-state index in [1.54, 1.807) is 6.07 Å². The lowest BCUT2D eigenvalue weighted by molar-refractivity contribution is -0.139. The van der Waals surface area contributed by atoms with Crippen molar-refractivity contribution in [1.82, 2.24) is 15.0 Å². The average molecular weight is 277 g/mol. The predicted molar refractivity (Wildman–Crippen MR) is 74.8 cm³/mol. The largest absolute Gasteiger partial charge is 0.481 e. The van der Waals surface area contributed by atoms with Crippen molar-refractivity contribution in [3.05, 3.63) is 18.0 Å². The van der Waals surface area contributed by atoms with Crippen molar-refractivity contribution in [2.75, 3.05) is 6.61 Å². The van der Waals surface area contributed by atoms with Crippen molar-refractivity contribution in [3.8, 4) is 5.88 Å². The number of aromatic amines is 1. The van der Waals surface area contributed by atoms with Gasteiger partial charge in [0.1, 0.15) is 5.82 Å². The molecule has 2 aromatic rings. The van der Waals surface area contributed by atoms with Crippen molar-refractivity contribution in [3.63, 3.8) is 0 Å². The highest BCUT2D eigenvalue weighted by molar-refractivity contribution is 5.71. The van der Waals surface area contributed by atoms with Crippen LogP contribution in [0, 0.1) is 5.41 Å². The molecule has 0 atom stereocenters. The van der Waals surface area contributed by atoms with Crippen LogP contribution in [0.1, 0.15) is 33.0 Å². The summed E-state index contributed by atoms with van der Waals surface area (Å²) in [4.78, 5) is 22.7. The SMILES string of the molecule is CCOc1ccc2[nH]c(CC(C)(C)CC(=O)O)nc2n1. The highest BCUT2D eigenvalue weighted by Gasteiger charge is 2.24. The second kappa shape index (κ2) is 5.48. The number of aliphatic carboxylic acids is 1. The molecule has 0 fully saturated rings. The van der Waals surface area contributed by atoms with E-state index in [-0.39, 0.29) is 11.8 Å². The van der Waals surface area contributed by atoms with Gasteiger partial charge in [-0.15, -0.1) is 0 Å². The molecule has 2 rings (SSSR count). The maximum atomic E-state index is 10.8. The fourth-order valence-corrected chi connectivity index (χ4v) is 2.16. The number of pyridine rings is 1. The third-order valence-corrected chi connectivity index (χ3v) is 2.94. The summed E-state index contributed by atoms with van der Waals surface area (Å²) in [5.74, 6) is 0.484. The third-order valence-electron chi connectivity index (χ3n) is 2.94. The summed E-state index contributed by atoms with van der Waals surface area (Å²) in [6.07, 6.45) is 0.654. The highest BCUT2D eigenvalue weighted by Crippen LogP contribution is 2.26. The van der Waals surface area contributed by atoms with Crippen molar-refractivity contribution < 1.29 is 14.6 Å². The summed E-state index contributed by atoms with van der Waals surface area (Å²) in [6.45, 7) is 6.28. The van der Waals surface area contributed by atoms with E-state index in [0.29, 0.717) is 24.6 Å². The van der Waals surface area contributed by atoms with Gasteiger partial charge < -0.3 is 14.8 Å². The first-order valence-electron chi connectivity index (χ1n) is 6.60. The first kappa shape index (κ1) is 14.3. The first-order chi connectivity index (χ1) is 9.39. The Balaban J connectivity index is 2.21. The van der Waals surface area contributed by atoms with E-state index in [2.05, 4.69) is 15.0 Å². The van der Waals surface area contributed by atoms with E-state index in [1.807, 2.05) is 26.8 Å². The topological polar surface area (TPSA) is 88.1 Å². The molecule has 6 heteroatoms. The van der Waals surface area contributed by atoms with Gasteiger partial charge in [0.05, 0.1) is 18.5 Å². The summed E-state index contributed by atoms with van der Waals surface area (Å²) < 4.78 is 5.33. The van der Waals surface area contributed by atoms with Crippen LogP contribution in [0.15, 0.2) is 12.1 Å². The molecule has 6 nitrogen and oxygen atoms in total. The maximum Gasteiger partial charge on any atom is 0.303 e. The van der Waals surface area contributed by atoms with E-state index in [1.165, 1.54) is 0 Å². The highest BCUT2D eigenvalue weighted by atomic mass is 16.5. The lowest BCUT2D eigenvalue weighted by atomic mass is 9.85. The Kier molecular flexibility index (Phi) is 3.92. The van der Waals surface area contributed by atoms with E-state index in [0.717, 1.165) is 11.3 Å². The molecule has 0 spiro atoms. The molecule has 0 saturated carbocycles. The lowest BCUT2D eigenvalue weighted by Crippen LogP contribution is -2.20. The molecule has 0 saturated heterocycles. The van der Waals surface area contributed by atoms with Gasteiger partial charge in [-0.05, 0) is 18.4 Å². The van der Waals surface area contributed by atoms with Crippen LogP contribution in [-0.2, 0) is 11.2 Å². The second-order valence-corrected chi connectivity index (χ2v) is 5.55. The minimum absolute atomic E-state index is 0.0989. The fourth-order valence-electron chi connectivity index (χ4n) is 2.16. The van der Waals surface area contributed by atoms with Crippen LogP contribution in [0.3, 0.4) is 0 Å². The summed E-state index contributed by atoms with van der Waals surface area (Å²) in [7, 11) is 0. The Morgan fingerprint density at radius 3 is 2.80 bits per heavy atom. The van der Waals surface area contributed by atoms with E-state index >= 15 is 0 Å². The zero-order chi connectivity index (χ0) is 14.8. The lowest BCUT2D eigenvalue weighted by Gasteiger charge is -2.20. The van der Waals surface area contributed by atoms with Gasteiger partial charge in [0.2, 0.25) is 5.88 Å². The summed E-state index contributed by atoms with van der Waals surface area (Å²) >= 11 is 0. The number of carboxylic acid groups (broad SMARTS) is 1. The predicted octanol–water partition coefficient (Wildman–Crippen LogP) is 2.40. The molecule has 2 heterocycles. The fraction of sp³-hybridized carbons (Fsp3) is 0.500. The molecule has 0 aromatic carbocycles. The molecule has 0 unspecified atom stereocenters. The van der Waals surface area contributed by atoms with Crippen LogP contribution in [0.5, 0.6) is 5.88 Å². The van der Waals surface area contributed by atoms with E-state index in [4.69, 9.17) is 9.84 Å². The van der Waals surface area contributed by atoms with Gasteiger partial charge in [0.25, 0.3) is 0 Å². The number of fused-ring (bicyclic) bond motifs is 1. The number of H-pyrrole nitrogens is 1. The molecular weight excluding hydrogens is 258 g/mol. The van der Waals surface area contributed by atoms with Gasteiger partial charge in [-0.2, -0.15) is 4.98 Å². The van der Waals surface area contributed by atoms with Gasteiger partial charge >= 0.3 is 5.97 Å². The molecular formula is C14H19N3O3. The molecule has 20 heavy (non-hydrogen) atoms. The van der Waals surface area contributed by atoms with Crippen LogP contribution in [-0.4, -0.2) is 32.6 Å². The van der Waals surface area contributed by atoms with Crippen molar-refractivity contribution in [2.24, 2.45) is 5.41 Å². The van der Waals surface area contributed by atoms with Gasteiger partial charge in [-0.3, -0.25) is 4.79 Å². The number of carbonyl (C=O) groups is 1. The number of ether oxygens (including phenoxy) is 1. The number of rotatable bonds is 6. The Labute approximate surface area is 117 Å². The number of hydrogen-bond donors (Lipinski definition) is 2. The number of hydrogen-bond acceptors (Lipinski definition) is 4. The summed E-state index contributed by atoms with van der Waals surface area (Å²) in [6, 6.07) is 3.66. The minimum Gasteiger partial charge on any atom is -0.481 e. The van der Waals surface area contributed by atoms with Crippen molar-refractivity contribution in [2.45, 2.75) is 33.6 Å². The Bertz CT molecular complexity index is 619. The van der Waals surface area contributed by atoms with Crippen molar-refractivity contribution in [1.29, 1.82) is 0 Å². The minimum atomic E-state index is -0.803. The summed E-state index contributed by atoms with van der Waals surface area (Å²) in [5.41, 5.74) is 1.06. The van der Waals surface area contributed by atoms with E-state index < -0.39 is 5.97 Å². The standard InChI is InChI=1S/C14H19N3O3/c1-4-20-11-6-5-9-13(17-11)16-10(15-9)7-14(2,3)8-12(18)19/h5-6H,4,7-8H2,1-3H3,(H,18,19)(H,15,16,17). The maximum absolute atomic E-state index is 10.8. The van der Waals surface area contributed by atoms with Crippen LogP contribution < -0.4 is 4.74 Å². The number of carboxylic acids is 1. The van der Waals surface area contributed by atoms with Gasteiger partial charge in [0, 0.05) is 12.5 Å². The number of nitrogens with zero attached hydrogens (tertiary/aromatic N) is 2. The van der Waals surface area contributed by atoms with E-state index in [9.17, 15) is 4.79 Å². The zero-order valence-electron chi connectivity index (χ0n) is 11.9. The molecule has 0 bridgehead atoms. The van der Waals surface area contributed by atoms with Crippen LogP contribution in [0.25, 0.3) is 11.2 Å². The Hall–Kier alpha value is -2.11. The van der Waals surface area contributed by atoms with Crippen molar-refractivity contribution >= 4 is 17.1 Å². The molecule has 0 aliphatic rings. The normalized spacial score (nSPS) is 11.8. The average Bonchev–Trinajstić information content (AvgIpc) is 2.67. The molecule has 108 valence electrons. The Morgan fingerprint density at radius 2 is 2.15 bits per heavy atom.